The van der Waals surface area contributed by atoms with Crippen LogP contribution in [0, 0.1) is 0 Å². The number of ether oxygens (including phenoxy) is 1. The molecule has 0 saturated carbocycles. The van der Waals surface area contributed by atoms with Gasteiger partial charge < -0.3 is 4.74 Å². The van der Waals surface area contributed by atoms with Gasteiger partial charge in [-0.3, -0.25) is 15.1 Å². The molecule has 100 valence electrons. The summed E-state index contributed by atoms with van der Waals surface area (Å²) in [6.07, 6.45) is 0. The van der Waals surface area contributed by atoms with Crippen molar-refractivity contribution in [2.75, 3.05) is 12.6 Å². The smallest absolute Gasteiger partial charge is 0.308 e. The molecule has 0 spiro atoms. The van der Waals surface area contributed by atoms with Crippen molar-refractivity contribution >= 4 is 33.3 Å². The van der Waals surface area contributed by atoms with E-state index in [4.69, 9.17) is 21.5 Å². The van der Waals surface area contributed by atoms with E-state index in [1.807, 2.05) is 0 Å². The number of nitrogens with one attached hydrogen (secondary N) is 1. The number of nitrogens with two attached hydrogens (primary N) is 1. The van der Waals surface area contributed by atoms with E-state index in [9.17, 15) is 13.2 Å². The second-order valence-corrected chi connectivity index (χ2v) is 5.10. The Morgan fingerprint density at radius 2 is 2.06 bits per heavy atom. The first-order valence-corrected chi connectivity index (χ1v) is 6.52. The molecule has 0 heterocycles. The molecule has 0 radical (unpaired) electrons. The molecule has 1 aromatic carbocycles. The van der Waals surface area contributed by atoms with Gasteiger partial charge in [-0.2, -0.15) is 0 Å². The number of anilines is 1. The van der Waals surface area contributed by atoms with Crippen LogP contribution < -0.4 is 15.4 Å². The van der Waals surface area contributed by atoms with Gasteiger partial charge >= 0.3 is 5.97 Å². The summed E-state index contributed by atoms with van der Waals surface area (Å²) in [6, 6.07) is 2.68. The summed E-state index contributed by atoms with van der Waals surface area (Å²) in [5, 5.41) is 4.87. The van der Waals surface area contributed by atoms with E-state index in [1.165, 1.54) is 19.2 Å². The standard InChI is InChI=1S/C9H11ClN2O5S/c1-5(13)17-8-7(12-16-2)4-3-6(10)9(8)18(11,14)15/h3-4,12H,1-2H3,(H2,11,14,15). The number of benzene rings is 1. The van der Waals surface area contributed by atoms with Crippen molar-refractivity contribution in [3.63, 3.8) is 0 Å². The van der Waals surface area contributed by atoms with Gasteiger partial charge in [-0.15, -0.1) is 0 Å². The number of primary sulfonamides is 1. The fraction of sp³-hybridized carbons (Fsp3) is 0.222. The minimum atomic E-state index is -4.16. The number of carbonyl (C=O) groups is 1. The summed E-state index contributed by atoms with van der Waals surface area (Å²) >= 11 is 5.75. The van der Waals surface area contributed by atoms with Crippen LogP contribution in [-0.4, -0.2) is 21.5 Å². The van der Waals surface area contributed by atoms with E-state index >= 15 is 0 Å². The number of sulfonamides is 1. The lowest BCUT2D eigenvalue weighted by Crippen LogP contribution is -2.17. The Bertz CT molecular complexity index is 573. The predicted octanol–water partition coefficient (Wildman–Crippen LogP) is 0.886. The molecule has 0 atom stereocenters. The van der Waals surface area contributed by atoms with Crippen molar-refractivity contribution < 1.29 is 22.8 Å². The Kier molecular flexibility index (Phi) is 4.52. The number of carbonyl (C=O) groups excluding carboxylic acids is 1. The first-order chi connectivity index (χ1) is 8.27. The molecule has 18 heavy (non-hydrogen) atoms. The summed E-state index contributed by atoms with van der Waals surface area (Å²) in [5.41, 5.74) is 2.48. The Morgan fingerprint density at radius 1 is 1.44 bits per heavy atom. The fourth-order valence-corrected chi connectivity index (χ4v) is 2.46. The Hall–Kier alpha value is -1.35. The van der Waals surface area contributed by atoms with Crippen molar-refractivity contribution in [1.29, 1.82) is 0 Å². The minimum absolute atomic E-state index is 0.112. The number of rotatable bonds is 4. The third-order valence-corrected chi connectivity index (χ3v) is 3.21. The SMILES string of the molecule is CONc1ccc(Cl)c(S(N)(=O)=O)c1OC(C)=O. The van der Waals surface area contributed by atoms with Gasteiger partial charge in [0, 0.05) is 6.92 Å². The minimum Gasteiger partial charge on any atom is -0.423 e. The molecule has 0 amide bonds. The molecule has 1 rings (SSSR count). The van der Waals surface area contributed by atoms with Crippen LogP contribution in [0.5, 0.6) is 5.75 Å². The van der Waals surface area contributed by atoms with Crippen LogP contribution in [0.4, 0.5) is 5.69 Å². The van der Waals surface area contributed by atoms with E-state index in [2.05, 4.69) is 10.3 Å². The normalized spacial score (nSPS) is 11.1. The molecule has 0 bridgehead atoms. The third-order valence-electron chi connectivity index (χ3n) is 1.81. The van der Waals surface area contributed by atoms with Crippen LogP contribution in [-0.2, 0) is 19.7 Å². The predicted molar refractivity (Wildman–Crippen MR) is 64.8 cm³/mol. The van der Waals surface area contributed by atoms with E-state index in [0.717, 1.165) is 6.92 Å². The van der Waals surface area contributed by atoms with Crippen molar-refractivity contribution in [3.05, 3.63) is 17.2 Å². The average Bonchev–Trinajstić information content (AvgIpc) is 2.19. The first kappa shape index (κ1) is 14.7. The van der Waals surface area contributed by atoms with E-state index < -0.39 is 20.9 Å². The van der Waals surface area contributed by atoms with Gasteiger partial charge in [0.1, 0.15) is 10.6 Å². The van der Waals surface area contributed by atoms with Crippen LogP contribution in [0.25, 0.3) is 0 Å². The molecular formula is C9H11ClN2O5S. The molecule has 0 aliphatic rings. The molecule has 3 N–H and O–H groups in total. The van der Waals surface area contributed by atoms with Gasteiger partial charge in [0.05, 0.1) is 12.1 Å². The number of hydrogen-bond donors (Lipinski definition) is 2. The van der Waals surface area contributed by atoms with Gasteiger partial charge in [0.2, 0.25) is 10.0 Å². The molecule has 0 unspecified atom stereocenters. The molecule has 1 aromatic rings. The Balaban J connectivity index is 3.55. The highest BCUT2D eigenvalue weighted by Gasteiger charge is 2.24. The lowest BCUT2D eigenvalue weighted by Gasteiger charge is -2.14. The molecule has 0 aliphatic heterocycles. The zero-order valence-electron chi connectivity index (χ0n) is 9.56. The van der Waals surface area contributed by atoms with Crippen molar-refractivity contribution in [1.82, 2.24) is 0 Å². The maximum absolute atomic E-state index is 11.4. The second kappa shape index (κ2) is 5.53. The summed E-state index contributed by atoms with van der Waals surface area (Å²) in [5.74, 6) is -1.03. The highest BCUT2D eigenvalue weighted by atomic mass is 35.5. The lowest BCUT2D eigenvalue weighted by atomic mass is 10.3. The molecule has 0 fully saturated rings. The van der Waals surface area contributed by atoms with Crippen LogP contribution in [0.15, 0.2) is 17.0 Å². The van der Waals surface area contributed by atoms with Gasteiger partial charge in [0.15, 0.2) is 5.75 Å². The lowest BCUT2D eigenvalue weighted by molar-refractivity contribution is -0.132. The van der Waals surface area contributed by atoms with Crippen LogP contribution in [0.2, 0.25) is 5.02 Å². The fourth-order valence-electron chi connectivity index (χ4n) is 1.24. The highest BCUT2D eigenvalue weighted by molar-refractivity contribution is 7.89. The average molecular weight is 295 g/mol. The van der Waals surface area contributed by atoms with Gasteiger partial charge in [-0.1, -0.05) is 11.6 Å². The monoisotopic (exact) mass is 294 g/mol. The van der Waals surface area contributed by atoms with Crippen molar-refractivity contribution in [2.24, 2.45) is 5.14 Å². The quantitative estimate of drug-likeness (QED) is 0.485. The van der Waals surface area contributed by atoms with E-state index in [1.54, 1.807) is 0 Å². The zero-order valence-corrected chi connectivity index (χ0v) is 11.1. The van der Waals surface area contributed by atoms with Crippen molar-refractivity contribution in [2.45, 2.75) is 11.8 Å². The molecule has 0 saturated heterocycles. The van der Waals surface area contributed by atoms with Crippen molar-refractivity contribution in [3.8, 4) is 5.75 Å². The van der Waals surface area contributed by atoms with Crippen LogP contribution in [0.1, 0.15) is 6.92 Å². The summed E-state index contributed by atoms with van der Waals surface area (Å²) in [7, 11) is -2.85. The first-order valence-electron chi connectivity index (χ1n) is 4.60. The number of halogens is 1. The third kappa shape index (κ3) is 3.33. The summed E-state index contributed by atoms with van der Waals surface area (Å²) in [4.78, 5) is 15.1. The highest BCUT2D eigenvalue weighted by Crippen LogP contribution is 2.37. The topological polar surface area (TPSA) is 108 Å². The van der Waals surface area contributed by atoms with E-state index in [-0.39, 0.29) is 16.5 Å². The van der Waals surface area contributed by atoms with Gasteiger partial charge in [-0.05, 0) is 12.1 Å². The molecule has 9 heteroatoms. The maximum Gasteiger partial charge on any atom is 0.308 e. The molecule has 0 aromatic heterocycles. The number of esters is 1. The van der Waals surface area contributed by atoms with Crippen LogP contribution >= 0.6 is 11.6 Å². The zero-order chi connectivity index (χ0) is 13.9. The summed E-state index contributed by atoms with van der Waals surface area (Å²) < 4.78 is 27.7. The summed E-state index contributed by atoms with van der Waals surface area (Å²) in [6.45, 7) is 1.12. The molecular weight excluding hydrogens is 284 g/mol. The van der Waals surface area contributed by atoms with Gasteiger partial charge in [0.25, 0.3) is 0 Å². The number of hydrogen-bond acceptors (Lipinski definition) is 6. The Morgan fingerprint density at radius 3 is 2.50 bits per heavy atom. The largest absolute Gasteiger partial charge is 0.423 e. The van der Waals surface area contributed by atoms with Gasteiger partial charge in [-0.25, -0.2) is 13.6 Å². The van der Waals surface area contributed by atoms with Crippen LogP contribution in [0.3, 0.4) is 0 Å². The van der Waals surface area contributed by atoms with E-state index in [0.29, 0.717) is 0 Å². The Labute approximate surface area is 109 Å². The molecule has 0 aliphatic carbocycles. The maximum atomic E-state index is 11.4. The molecule has 7 nitrogen and oxygen atoms in total. The second-order valence-electron chi connectivity index (χ2n) is 3.20.